The number of carbonyl (C=O) groups is 1. The van der Waals surface area contributed by atoms with Crippen molar-refractivity contribution in [1.82, 2.24) is 14.5 Å². The van der Waals surface area contributed by atoms with Gasteiger partial charge in [0, 0.05) is 30.9 Å². The zero-order valence-corrected chi connectivity index (χ0v) is 16.9. The monoisotopic (exact) mass is 365 g/mol. The molecule has 0 aliphatic heterocycles. The van der Waals surface area contributed by atoms with Gasteiger partial charge in [-0.3, -0.25) is 4.79 Å². The van der Waals surface area contributed by atoms with Gasteiger partial charge < -0.3 is 9.47 Å². The van der Waals surface area contributed by atoms with Gasteiger partial charge in [-0.15, -0.1) is 0 Å². The molecule has 1 aromatic carbocycles. The van der Waals surface area contributed by atoms with Crippen LogP contribution < -0.4 is 0 Å². The molecule has 0 N–H and O–H groups in total. The Labute approximate surface area is 162 Å². The van der Waals surface area contributed by atoms with E-state index in [1.165, 1.54) is 35.1 Å². The van der Waals surface area contributed by atoms with Crippen molar-refractivity contribution in [2.24, 2.45) is 5.92 Å². The topological polar surface area (TPSA) is 38.1 Å². The molecule has 0 unspecified atom stereocenters. The summed E-state index contributed by atoms with van der Waals surface area (Å²) in [6, 6.07) is 4.93. The summed E-state index contributed by atoms with van der Waals surface area (Å²) in [6.45, 7) is 7.99. The number of benzene rings is 1. The predicted octanol–water partition coefficient (Wildman–Crippen LogP) is 4.54. The van der Waals surface area contributed by atoms with Crippen molar-refractivity contribution < 1.29 is 4.79 Å². The van der Waals surface area contributed by atoms with E-state index in [9.17, 15) is 4.79 Å². The van der Waals surface area contributed by atoms with Crippen LogP contribution in [0.3, 0.4) is 0 Å². The Bertz CT molecular complexity index is 805. The van der Waals surface area contributed by atoms with Crippen molar-refractivity contribution in [2.45, 2.75) is 78.4 Å². The molecule has 0 saturated heterocycles. The lowest BCUT2D eigenvalue weighted by Gasteiger charge is -2.26. The molecule has 2 aliphatic rings. The normalized spacial score (nSPS) is 17.4. The number of nitrogens with zero attached hydrogens (tertiary/aromatic N) is 3. The summed E-state index contributed by atoms with van der Waals surface area (Å²) in [6.07, 6.45) is 10.8. The molecule has 4 heteroatoms. The number of hydrogen-bond donors (Lipinski definition) is 0. The van der Waals surface area contributed by atoms with Crippen LogP contribution in [0.25, 0.3) is 0 Å². The summed E-state index contributed by atoms with van der Waals surface area (Å²) in [5, 5.41) is 0. The van der Waals surface area contributed by atoms with Gasteiger partial charge in [0.2, 0.25) is 5.91 Å². The van der Waals surface area contributed by atoms with Crippen molar-refractivity contribution in [3.63, 3.8) is 0 Å². The largest absolute Gasteiger partial charge is 0.332 e. The van der Waals surface area contributed by atoms with Crippen LogP contribution in [0.2, 0.25) is 0 Å². The number of amides is 1. The van der Waals surface area contributed by atoms with Crippen LogP contribution in [0.1, 0.15) is 66.6 Å². The van der Waals surface area contributed by atoms with E-state index in [1.807, 2.05) is 6.20 Å². The Kier molecular flexibility index (Phi) is 5.07. The lowest BCUT2D eigenvalue weighted by atomic mass is 10.00. The van der Waals surface area contributed by atoms with Crippen molar-refractivity contribution in [3.8, 4) is 0 Å². The third kappa shape index (κ3) is 3.95. The van der Waals surface area contributed by atoms with Crippen LogP contribution in [0.5, 0.6) is 0 Å². The molecule has 27 heavy (non-hydrogen) atoms. The molecule has 0 spiro atoms. The first kappa shape index (κ1) is 18.3. The summed E-state index contributed by atoms with van der Waals surface area (Å²) in [7, 11) is 0. The number of imidazole rings is 1. The van der Waals surface area contributed by atoms with Crippen LogP contribution in [-0.2, 0) is 17.9 Å². The molecule has 144 valence electrons. The maximum absolute atomic E-state index is 13.1. The first-order valence-electron chi connectivity index (χ1n) is 10.4. The number of rotatable bonds is 6. The zero-order valence-electron chi connectivity index (χ0n) is 16.9. The van der Waals surface area contributed by atoms with E-state index >= 15 is 0 Å². The van der Waals surface area contributed by atoms with Crippen molar-refractivity contribution in [2.75, 3.05) is 0 Å². The number of aromatic nitrogens is 2. The van der Waals surface area contributed by atoms with Crippen LogP contribution in [-0.4, -0.2) is 26.4 Å². The third-order valence-corrected chi connectivity index (χ3v) is 6.26. The molecular formula is C23H31N3O. The van der Waals surface area contributed by atoms with E-state index in [0.717, 1.165) is 38.1 Å². The Morgan fingerprint density at radius 3 is 2.41 bits per heavy atom. The molecule has 2 fully saturated rings. The molecule has 0 radical (unpaired) electrons. The lowest BCUT2D eigenvalue weighted by molar-refractivity contribution is -0.136. The second-order valence-electron chi connectivity index (χ2n) is 8.53. The van der Waals surface area contributed by atoms with Crippen molar-refractivity contribution in [1.29, 1.82) is 0 Å². The standard InChI is InChI=1S/C23H31N3O/c1-16-12-17(2)21(18(3)13-16)14-25-11-10-24-22(25)15-26(20-8-9-20)23(27)19-6-4-5-7-19/h10-13,19-20H,4-9,14-15H2,1-3H3. The highest BCUT2D eigenvalue weighted by Gasteiger charge is 2.37. The minimum Gasteiger partial charge on any atom is -0.332 e. The summed E-state index contributed by atoms with van der Waals surface area (Å²) in [4.78, 5) is 19.8. The van der Waals surface area contributed by atoms with Gasteiger partial charge in [-0.25, -0.2) is 4.98 Å². The van der Waals surface area contributed by atoms with E-state index in [-0.39, 0.29) is 5.92 Å². The average Bonchev–Trinajstić information content (AvgIpc) is 3.14. The Morgan fingerprint density at radius 2 is 1.78 bits per heavy atom. The van der Waals surface area contributed by atoms with Gasteiger partial charge in [-0.1, -0.05) is 30.5 Å². The van der Waals surface area contributed by atoms with E-state index in [2.05, 4.69) is 53.6 Å². The highest BCUT2D eigenvalue weighted by atomic mass is 16.2. The molecule has 1 heterocycles. The quantitative estimate of drug-likeness (QED) is 0.754. The Morgan fingerprint density at radius 1 is 1.11 bits per heavy atom. The highest BCUT2D eigenvalue weighted by molar-refractivity contribution is 5.79. The van der Waals surface area contributed by atoms with Gasteiger partial charge in [0.15, 0.2) is 0 Å². The SMILES string of the molecule is Cc1cc(C)c(Cn2ccnc2CN(C(=O)C2CCCC2)C2CC2)c(C)c1. The summed E-state index contributed by atoms with van der Waals surface area (Å²) in [5.41, 5.74) is 5.32. The molecule has 2 saturated carbocycles. The Hall–Kier alpha value is -2.10. The summed E-state index contributed by atoms with van der Waals surface area (Å²) < 4.78 is 2.22. The van der Waals surface area contributed by atoms with Crippen LogP contribution >= 0.6 is 0 Å². The average molecular weight is 366 g/mol. The molecule has 2 aliphatic carbocycles. The molecule has 0 bridgehead atoms. The Balaban J connectivity index is 1.53. The van der Waals surface area contributed by atoms with Gasteiger partial charge in [0.1, 0.15) is 5.82 Å². The predicted molar refractivity (Wildman–Crippen MR) is 108 cm³/mol. The van der Waals surface area contributed by atoms with E-state index < -0.39 is 0 Å². The van der Waals surface area contributed by atoms with Crippen molar-refractivity contribution >= 4 is 5.91 Å². The number of hydrogen-bond acceptors (Lipinski definition) is 2. The fraction of sp³-hybridized carbons (Fsp3) is 0.565. The van der Waals surface area contributed by atoms with Crippen LogP contribution in [0, 0.1) is 26.7 Å². The minimum absolute atomic E-state index is 0.246. The van der Waals surface area contributed by atoms with Gasteiger partial charge in [-0.05, 0) is 63.1 Å². The number of aryl methyl sites for hydroxylation is 3. The minimum atomic E-state index is 0.246. The van der Waals surface area contributed by atoms with Crippen molar-refractivity contribution in [3.05, 3.63) is 52.6 Å². The molecule has 1 amide bonds. The number of carbonyl (C=O) groups excluding carboxylic acids is 1. The third-order valence-electron chi connectivity index (χ3n) is 6.26. The van der Waals surface area contributed by atoms with E-state index in [4.69, 9.17) is 0 Å². The van der Waals surface area contributed by atoms with E-state index in [1.54, 1.807) is 0 Å². The first-order valence-corrected chi connectivity index (χ1v) is 10.4. The second kappa shape index (κ2) is 7.49. The maximum Gasteiger partial charge on any atom is 0.226 e. The molecule has 2 aromatic rings. The summed E-state index contributed by atoms with van der Waals surface area (Å²) >= 11 is 0. The highest BCUT2D eigenvalue weighted by Crippen LogP contribution is 2.34. The van der Waals surface area contributed by atoms with Gasteiger partial charge >= 0.3 is 0 Å². The van der Waals surface area contributed by atoms with Gasteiger partial charge in [-0.2, -0.15) is 0 Å². The zero-order chi connectivity index (χ0) is 19.0. The molecule has 1 aromatic heterocycles. The lowest BCUT2D eigenvalue weighted by Crippen LogP contribution is -2.37. The molecule has 4 nitrogen and oxygen atoms in total. The van der Waals surface area contributed by atoms with E-state index in [0.29, 0.717) is 18.5 Å². The molecule has 4 rings (SSSR count). The second-order valence-corrected chi connectivity index (χ2v) is 8.53. The van der Waals surface area contributed by atoms with Gasteiger partial charge in [0.05, 0.1) is 6.54 Å². The molecular weight excluding hydrogens is 334 g/mol. The fourth-order valence-electron chi connectivity index (χ4n) is 4.60. The van der Waals surface area contributed by atoms with Crippen LogP contribution in [0.4, 0.5) is 0 Å². The summed E-state index contributed by atoms with van der Waals surface area (Å²) in [5.74, 6) is 1.62. The molecule has 0 atom stereocenters. The smallest absolute Gasteiger partial charge is 0.226 e. The maximum atomic E-state index is 13.1. The van der Waals surface area contributed by atoms with Crippen LogP contribution in [0.15, 0.2) is 24.5 Å². The van der Waals surface area contributed by atoms with Gasteiger partial charge in [0.25, 0.3) is 0 Å². The fourth-order valence-corrected chi connectivity index (χ4v) is 4.60. The first-order chi connectivity index (χ1) is 13.0.